The van der Waals surface area contributed by atoms with E-state index < -0.39 is 96.1 Å². The van der Waals surface area contributed by atoms with Crippen LogP contribution >= 0.6 is 0 Å². The normalized spacial score (nSPS) is 27.7. The molecule has 0 aromatic heterocycles. The van der Waals surface area contributed by atoms with Gasteiger partial charge >= 0.3 is 0 Å². The molecule has 8 amide bonds. The summed E-state index contributed by atoms with van der Waals surface area (Å²) >= 11 is 0. The summed E-state index contributed by atoms with van der Waals surface area (Å²) in [7, 11) is 0. The standard InChI is InChI=1S/C46H62N8O9/c1-5-28(4)39-44(61)50-38(27(2)3)46(63)54-23-10-14-34(54)42(59)49-33(25-30-17-19-31(55)20-18-30)41(58)48-32(24-29-12-7-6-8-13-29)40(57)47-26-37(56)52-21-11-16-36(52)45(62)53-22-9-15-35(53)43(60)51-39/h6-8,12-13,17-20,27-28,32-36,38-39,55H,5,9-11,14-16,21-26H2,1-4H3,(H,47,57)(H,48,58)(H,49,59)(H,50,61)(H,51,60)/t28-,32-,33-,34-,35-,36-,38-,39-/m0/s1. The second kappa shape index (κ2) is 20.9. The molecule has 4 aliphatic heterocycles. The maximum atomic E-state index is 14.4. The lowest BCUT2D eigenvalue weighted by Crippen LogP contribution is -2.61. The first kappa shape index (κ1) is 46.5. The highest BCUT2D eigenvalue weighted by Gasteiger charge is 2.45. The average Bonchev–Trinajstić information content (AvgIpc) is 4.08. The van der Waals surface area contributed by atoms with Crippen LogP contribution in [-0.4, -0.2) is 136 Å². The summed E-state index contributed by atoms with van der Waals surface area (Å²) < 4.78 is 0. The molecule has 4 heterocycles. The number of nitrogens with one attached hydrogen (secondary N) is 5. The number of hydrogen-bond donors (Lipinski definition) is 6. The first-order valence-corrected chi connectivity index (χ1v) is 22.4. The Morgan fingerprint density at radius 2 is 1.08 bits per heavy atom. The smallest absolute Gasteiger partial charge is 0.246 e. The van der Waals surface area contributed by atoms with E-state index in [0.717, 1.165) is 0 Å². The number of rotatable bonds is 7. The van der Waals surface area contributed by atoms with Crippen molar-refractivity contribution in [2.45, 2.75) is 128 Å². The molecule has 0 radical (unpaired) electrons. The second-order valence-corrected chi connectivity index (χ2v) is 17.6. The van der Waals surface area contributed by atoms with Gasteiger partial charge in [-0.25, -0.2) is 0 Å². The number of phenols is 1. The molecule has 4 aliphatic rings. The molecule has 2 aromatic carbocycles. The van der Waals surface area contributed by atoms with E-state index in [0.29, 0.717) is 49.7 Å². The molecule has 4 saturated heterocycles. The first-order chi connectivity index (χ1) is 30.2. The van der Waals surface area contributed by atoms with Crippen LogP contribution < -0.4 is 26.6 Å². The highest BCUT2D eigenvalue weighted by Crippen LogP contribution is 2.26. The lowest BCUT2D eigenvalue weighted by Gasteiger charge is -2.34. The number of hydrogen-bond acceptors (Lipinski definition) is 9. The Bertz CT molecular complexity index is 2010. The van der Waals surface area contributed by atoms with E-state index in [1.54, 1.807) is 50.2 Å². The Labute approximate surface area is 368 Å². The van der Waals surface area contributed by atoms with Crippen molar-refractivity contribution in [3.8, 4) is 5.75 Å². The van der Waals surface area contributed by atoms with Gasteiger partial charge in [-0.1, -0.05) is 76.6 Å². The monoisotopic (exact) mass is 870 g/mol. The number of fused-ring (bicyclic) bond motifs is 3. The number of aromatic hydroxyl groups is 1. The summed E-state index contributed by atoms with van der Waals surface area (Å²) in [5.74, 6) is -5.16. The lowest BCUT2D eigenvalue weighted by molar-refractivity contribution is -0.147. The van der Waals surface area contributed by atoms with E-state index in [9.17, 15) is 43.5 Å². The summed E-state index contributed by atoms with van der Waals surface area (Å²) in [5.41, 5.74) is 1.31. The van der Waals surface area contributed by atoms with Gasteiger partial charge in [-0.3, -0.25) is 38.4 Å². The Balaban J connectivity index is 1.35. The molecule has 4 fully saturated rings. The number of phenolic OH excluding ortho intramolecular Hbond substituents is 1. The molecule has 340 valence electrons. The summed E-state index contributed by atoms with van der Waals surface area (Å²) in [6.07, 6.45) is 3.09. The van der Waals surface area contributed by atoms with E-state index in [2.05, 4.69) is 26.6 Å². The zero-order valence-electron chi connectivity index (χ0n) is 36.6. The van der Waals surface area contributed by atoms with Crippen molar-refractivity contribution in [1.82, 2.24) is 41.3 Å². The Morgan fingerprint density at radius 1 is 0.571 bits per heavy atom. The predicted molar refractivity (Wildman–Crippen MR) is 231 cm³/mol. The van der Waals surface area contributed by atoms with Crippen LogP contribution in [0.15, 0.2) is 54.6 Å². The minimum atomic E-state index is -1.25. The molecule has 17 nitrogen and oxygen atoms in total. The van der Waals surface area contributed by atoms with Gasteiger partial charge in [0.15, 0.2) is 0 Å². The fourth-order valence-corrected chi connectivity index (χ4v) is 9.07. The zero-order valence-corrected chi connectivity index (χ0v) is 36.6. The lowest BCUT2D eigenvalue weighted by atomic mass is 9.95. The van der Waals surface area contributed by atoms with Gasteiger partial charge in [-0.2, -0.15) is 0 Å². The van der Waals surface area contributed by atoms with Crippen molar-refractivity contribution in [2.24, 2.45) is 11.8 Å². The van der Waals surface area contributed by atoms with Crippen molar-refractivity contribution in [2.75, 3.05) is 26.2 Å². The van der Waals surface area contributed by atoms with Gasteiger partial charge in [0.1, 0.15) is 48.0 Å². The van der Waals surface area contributed by atoms with E-state index in [1.165, 1.54) is 26.8 Å². The highest BCUT2D eigenvalue weighted by atomic mass is 16.3. The van der Waals surface area contributed by atoms with Crippen molar-refractivity contribution in [3.63, 3.8) is 0 Å². The molecule has 0 unspecified atom stereocenters. The summed E-state index contributed by atoms with van der Waals surface area (Å²) in [5, 5.41) is 24.1. The summed E-state index contributed by atoms with van der Waals surface area (Å²) in [4.78, 5) is 118. The molecular weight excluding hydrogens is 809 g/mol. The molecule has 6 N–H and O–H groups in total. The molecule has 6 rings (SSSR count). The van der Waals surface area contributed by atoms with Crippen LogP contribution in [0.2, 0.25) is 0 Å². The topological polar surface area (TPSA) is 227 Å². The first-order valence-electron chi connectivity index (χ1n) is 22.4. The number of carbonyl (C=O) groups excluding carboxylic acids is 8. The molecule has 0 bridgehead atoms. The fraction of sp³-hybridized carbons (Fsp3) is 0.565. The molecule has 63 heavy (non-hydrogen) atoms. The number of nitrogens with zero attached hydrogens (tertiary/aromatic N) is 3. The van der Waals surface area contributed by atoms with Gasteiger partial charge in [0.2, 0.25) is 47.3 Å². The van der Waals surface area contributed by atoms with Crippen LogP contribution in [0, 0.1) is 11.8 Å². The number of carbonyl (C=O) groups is 8. The van der Waals surface area contributed by atoms with Crippen LogP contribution in [0.1, 0.15) is 83.8 Å². The second-order valence-electron chi connectivity index (χ2n) is 17.6. The molecule has 2 aromatic rings. The third kappa shape index (κ3) is 11.2. The van der Waals surface area contributed by atoms with E-state index >= 15 is 0 Å². The molecular formula is C46H62N8O9. The van der Waals surface area contributed by atoms with E-state index in [4.69, 9.17) is 0 Å². The van der Waals surface area contributed by atoms with Gasteiger partial charge in [0.25, 0.3) is 0 Å². The number of benzene rings is 2. The molecule has 0 aliphatic carbocycles. The van der Waals surface area contributed by atoms with Gasteiger partial charge in [0.05, 0.1) is 6.54 Å². The van der Waals surface area contributed by atoms with Gasteiger partial charge in [-0.15, -0.1) is 0 Å². The van der Waals surface area contributed by atoms with Gasteiger partial charge < -0.3 is 46.4 Å². The van der Waals surface area contributed by atoms with Gasteiger partial charge in [0, 0.05) is 32.5 Å². The van der Waals surface area contributed by atoms with Crippen molar-refractivity contribution >= 4 is 47.3 Å². The zero-order chi connectivity index (χ0) is 45.4. The van der Waals surface area contributed by atoms with Crippen molar-refractivity contribution in [1.29, 1.82) is 0 Å². The predicted octanol–water partition coefficient (Wildman–Crippen LogP) is 0.922. The SMILES string of the molecule is CC[C@H](C)[C@@H]1NC(=O)[C@@H]2CCCN2C(=O)[C@@H]2CCCN2C(=O)CNC(=O)[C@H](Cc2ccccc2)NC(=O)[C@H](Cc2ccc(O)cc2)NC(=O)[C@@H]2CCCN2C(=O)[C@H](C(C)C)NC1=O. The van der Waals surface area contributed by atoms with E-state index in [-0.39, 0.29) is 56.5 Å². The van der Waals surface area contributed by atoms with Crippen LogP contribution in [0.5, 0.6) is 5.75 Å². The Hall–Kier alpha value is -6.00. The largest absolute Gasteiger partial charge is 0.508 e. The van der Waals surface area contributed by atoms with E-state index in [1.807, 2.05) is 19.9 Å². The van der Waals surface area contributed by atoms with Crippen molar-refractivity contribution in [3.05, 3.63) is 65.7 Å². The van der Waals surface area contributed by atoms with Crippen LogP contribution in [0.25, 0.3) is 0 Å². The third-order valence-electron chi connectivity index (χ3n) is 12.9. The minimum absolute atomic E-state index is 0.00436. The number of amides is 8. The summed E-state index contributed by atoms with van der Waals surface area (Å²) in [6.45, 7) is 7.57. The maximum Gasteiger partial charge on any atom is 0.246 e. The molecule has 0 spiro atoms. The van der Waals surface area contributed by atoms with Crippen molar-refractivity contribution < 1.29 is 43.5 Å². The van der Waals surface area contributed by atoms with Crippen LogP contribution in [0.3, 0.4) is 0 Å². The quantitative estimate of drug-likeness (QED) is 0.232. The molecule has 0 saturated carbocycles. The maximum absolute atomic E-state index is 14.4. The Kier molecular flexibility index (Phi) is 15.4. The highest BCUT2D eigenvalue weighted by molar-refractivity contribution is 5.99. The van der Waals surface area contributed by atoms with Gasteiger partial charge in [-0.05, 0) is 73.6 Å². The third-order valence-corrected chi connectivity index (χ3v) is 12.9. The minimum Gasteiger partial charge on any atom is -0.508 e. The Morgan fingerprint density at radius 3 is 1.68 bits per heavy atom. The average molecular weight is 871 g/mol. The van der Waals surface area contributed by atoms with Crippen LogP contribution in [-0.2, 0) is 51.2 Å². The summed E-state index contributed by atoms with van der Waals surface area (Å²) in [6, 6.07) is 7.81. The molecule has 8 atom stereocenters. The van der Waals surface area contributed by atoms with Crippen LogP contribution in [0.4, 0.5) is 0 Å². The fourth-order valence-electron chi connectivity index (χ4n) is 9.07. The molecule has 17 heteroatoms.